The van der Waals surface area contributed by atoms with E-state index in [4.69, 9.17) is 0 Å². The number of nitrogens with one attached hydrogen (secondary N) is 1. The molecule has 0 bridgehead atoms. The Morgan fingerprint density at radius 1 is 1.30 bits per heavy atom. The molecule has 0 aromatic rings. The maximum absolute atomic E-state index is 3.60. The average Bonchev–Trinajstić information content (AvgIpc) is 2.67. The molecule has 1 atom stereocenters. The Kier molecular flexibility index (Phi) is 1.48. The lowest BCUT2D eigenvalue weighted by Crippen LogP contribution is -2.28. The highest BCUT2D eigenvalue weighted by molar-refractivity contribution is 4.96. The van der Waals surface area contributed by atoms with E-state index >= 15 is 0 Å². The van der Waals surface area contributed by atoms with Crippen molar-refractivity contribution in [1.82, 2.24) is 5.32 Å². The third-order valence-corrected chi connectivity index (χ3v) is 3.13. The Morgan fingerprint density at radius 2 is 2.10 bits per heavy atom. The molecule has 58 valence electrons. The Balaban J connectivity index is 1.92. The fourth-order valence-electron chi connectivity index (χ4n) is 1.97. The van der Waals surface area contributed by atoms with Crippen molar-refractivity contribution >= 4 is 0 Å². The molecule has 0 aromatic heterocycles. The summed E-state index contributed by atoms with van der Waals surface area (Å²) in [6.45, 7) is 3.61. The van der Waals surface area contributed by atoms with Gasteiger partial charge >= 0.3 is 0 Å². The summed E-state index contributed by atoms with van der Waals surface area (Å²) in [6, 6.07) is 0.778. The third kappa shape index (κ3) is 1.20. The van der Waals surface area contributed by atoms with E-state index in [0.717, 1.165) is 11.5 Å². The first-order chi connectivity index (χ1) is 4.81. The van der Waals surface area contributed by atoms with Crippen LogP contribution in [0.5, 0.6) is 0 Å². The number of hydrogen-bond acceptors (Lipinski definition) is 1. The Hall–Kier alpha value is -0.0400. The molecule has 10 heavy (non-hydrogen) atoms. The molecule has 1 heteroatoms. The molecule has 1 unspecified atom stereocenters. The predicted octanol–water partition coefficient (Wildman–Crippen LogP) is 1.93. The molecule has 2 rings (SSSR count). The van der Waals surface area contributed by atoms with E-state index in [-0.39, 0.29) is 0 Å². The minimum Gasteiger partial charge on any atom is -0.314 e. The molecule has 1 N–H and O–H groups in total. The van der Waals surface area contributed by atoms with Crippen LogP contribution in [0, 0.1) is 5.41 Å². The molecule has 0 radical (unpaired) electrons. The summed E-state index contributed by atoms with van der Waals surface area (Å²) in [6.07, 6.45) is 7.32. The molecule has 2 aliphatic rings. The van der Waals surface area contributed by atoms with Crippen LogP contribution < -0.4 is 5.32 Å². The lowest BCUT2D eigenvalue weighted by Gasteiger charge is -2.11. The molecule has 1 spiro atoms. The van der Waals surface area contributed by atoms with Crippen LogP contribution in [0.25, 0.3) is 0 Å². The van der Waals surface area contributed by atoms with Gasteiger partial charge in [0.15, 0.2) is 0 Å². The molecule has 2 fully saturated rings. The van der Waals surface area contributed by atoms with E-state index < -0.39 is 0 Å². The zero-order valence-electron chi connectivity index (χ0n) is 6.82. The minimum absolute atomic E-state index is 0.778. The van der Waals surface area contributed by atoms with E-state index in [0.29, 0.717) is 0 Å². The van der Waals surface area contributed by atoms with Gasteiger partial charge in [-0.15, -0.1) is 0 Å². The maximum atomic E-state index is 3.60. The molecule has 1 heterocycles. The van der Waals surface area contributed by atoms with E-state index in [1.54, 1.807) is 0 Å². The minimum atomic E-state index is 0.778. The van der Waals surface area contributed by atoms with Crippen LogP contribution >= 0.6 is 0 Å². The maximum Gasteiger partial charge on any atom is 0.00389 e. The van der Waals surface area contributed by atoms with Crippen LogP contribution in [0.4, 0.5) is 0 Å². The summed E-state index contributed by atoms with van der Waals surface area (Å²) in [5, 5.41) is 3.60. The highest BCUT2D eigenvalue weighted by Gasteiger charge is 2.42. The molecular weight excluding hydrogens is 122 g/mol. The third-order valence-electron chi connectivity index (χ3n) is 3.13. The van der Waals surface area contributed by atoms with Crippen molar-refractivity contribution in [2.75, 3.05) is 6.54 Å². The van der Waals surface area contributed by atoms with Crippen molar-refractivity contribution in [2.45, 2.75) is 45.1 Å². The fraction of sp³-hybridized carbons (Fsp3) is 1.00. The van der Waals surface area contributed by atoms with Crippen molar-refractivity contribution in [1.29, 1.82) is 0 Å². The number of rotatable bonds is 0. The summed E-state index contributed by atoms with van der Waals surface area (Å²) in [4.78, 5) is 0. The van der Waals surface area contributed by atoms with Gasteiger partial charge in [-0.2, -0.15) is 0 Å². The molecular formula is C9H17N. The van der Waals surface area contributed by atoms with Crippen LogP contribution in [0.2, 0.25) is 0 Å². The highest BCUT2D eigenvalue weighted by atomic mass is 14.9. The summed E-state index contributed by atoms with van der Waals surface area (Å²) in [5.74, 6) is 0. The van der Waals surface area contributed by atoms with Gasteiger partial charge in [-0.3, -0.25) is 0 Å². The molecule has 0 aromatic carbocycles. The molecule has 1 saturated carbocycles. The number of hydrogen-bond donors (Lipinski definition) is 1. The largest absolute Gasteiger partial charge is 0.314 e. The summed E-state index contributed by atoms with van der Waals surface area (Å²) in [5.41, 5.74) is 0.782. The van der Waals surface area contributed by atoms with Gasteiger partial charge in [0.05, 0.1) is 0 Å². The molecule has 1 aliphatic carbocycles. The highest BCUT2D eigenvalue weighted by Crippen LogP contribution is 2.50. The SMILES string of the molecule is CC1CCCC2(CC2)CN1. The molecule has 0 amide bonds. The lowest BCUT2D eigenvalue weighted by molar-refractivity contribution is 0.450. The quantitative estimate of drug-likeness (QED) is 0.540. The topological polar surface area (TPSA) is 12.0 Å². The van der Waals surface area contributed by atoms with Gasteiger partial charge in [0.1, 0.15) is 0 Å². The van der Waals surface area contributed by atoms with Gasteiger partial charge in [0.2, 0.25) is 0 Å². The Bertz CT molecular complexity index is 127. The second kappa shape index (κ2) is 2.23. The van der Waals surface area contributed by atoms with Crippen LogP contribution in [-0.2, 0) is 0 Å². The van der Waals surface area contributed by atoms with Gasteiger partial charge < -0.3 is 5.32 Å². The Morgan fingerprint density at radius 3 is 2.80 bits per heavy atom. The van der Waals surface area contributed by atoms with E-state index in [2.05, 4.69) is 12.2 Å². The molecule has 1 aliphatic heterocycles. The molecule has 1 nitrogen and oxygen atoms in total. The normalized spacial score (nSPS) is 37.5. The van der Waals surface area contributed by atoms with Crippen molar-refractivity contribution in [3.8, 4) is 0 Å². The second-order valence-electron chi connectivity index (χ2n) is 4.17. The lowest BCUT2D eigenvalue weighted by atomic mass is 10.0. The first kappa shape index (κ1) is 6.66. The van der Waals surface area contributed by atoms with Gasteiger partial charge in [0.25, 0.3) is 0 Å². The van der Waals surface area contributed by atoms with Crippen LogP contribution in [0.3, 0.4) is 0 Å². The summed E-state index contributed by atoms with van der Waals surface area (Å²) >= 11 is 0. The van der Waals surface area contributed by atoms with Gasteiger partial charge in [-0.1, -0.05) is 6.42 Å². The fourth-order valence-corrected chi connectivity index (χ4v) is 1.97. The van der Waals surface area contributed by atoms with Gasteiger partial charge in [-0.25, -0.2) is 0 Å². The van der Waals surface area contributed by atoms with Crippen molar-refractivity contribution in [3.63, 3.8) is 0 Å². The first-order valence-electron chi connectivity index (χ1n) is 4.54. The predicted molar refractivity (Wildman–Crippen MR) is 43.0 cm³/mol. The van der Waals surface area contributed by atoms with Crippen LogP contribution in [-0.4, -0.2) is 12.6 Å². The second-order valence-corrected chi connectivity index (χ2v) is 4.17. The Labute approximate surface area is 63.2 Å². The van der Waals surface area contributed by atoms with Crippen molar-refractivity contribution in [3.05, 3.63) is 0 Å². The van der Waals surface area contributed by atoms with E-state index in [1.165, 1.54) is 38.6 Å². The smallest absolute Gasteiger partial charge is 0.00389 e. The monoisotopic (exact) mass is 139 g/mol. The van der Waals surface area contributed by atoms with Gasteiger partial charge in [-0.05, 0) is 38.0 Å². The summed E-state index contributed by atoms with van der Waals surface area (Å²) in [7, 11) is 0. The van der Waals surface area contributed by atoms with E-state index in [1.807, 2.05) is 0 Å². The zero-order chi connectivity index (χ0) is 7.03. The molecule has 1 saturated heterocycles. The van der Waals surface area contributed by atoms with Crippen LogP contribution in [0.1, 0.15) is 39.0 Å². The zero-order valence-corrected chi connectivity index (χ0v) is 6.82. The standard InChI is InChI=1S/C9H17N/c1-8-3-2-4-9(5-6-9)7-10-8/h8,10H,2-7H2,1H3. The van der Waals surface area contributed by atoms with Gasteiger partial charge in [0, 0.05) is 12.6 Å². The van der Waals surface area contributed by atoms with Crippen molar-refractivity contribution < 1.29 is 0 Å². The average molecular weight is 139 g/mol. The van der Waals surface area contributed by atoms with Crippen LogP contribution in [0.15, 0.2) is 0 Å². The van der Waals surface area contributed by atoms with E-state index in [9.17, 15) is 0 Å². The summed E-state index contributed by atoms with van der Waals surface area (Å²) < 4.78 is 0. The first-order valence-corrected chi connectivity index (χ1v) is 4.54. The van der Waals surface area contributed by atoms with Crippen molar-refractivity contribution in [2.24, 2.45) is 5.41 Å².